The fraction of sp³-hybridized carbons (Fsp3) is 0.0625. The third-order valence-corrected chi connectivity index (χ3v) is 4.44. The molecular weight excluding hydrogens is 373 g/mol. The van der Waals surface area contributed by atoms with E-state index in [0.717, 1.165) is 27.2 Å². The minimum Gasteiger partial charge on any atom is -0.342 e. The maximum Gasteiger partial charge on any atom is 0.152 e. The number of aromatic nitrogens is 1. The lowest BCUT2D eigenvalue weighted by molar-refractivity contribution is 0.112. The molecule has 2 aromatic carbocycles. The summed E-state index contributed by atoms with van der Waals surface area (Å²) in [6.07, 6.45) is 2.71. The average Bonchev–Trinajstić information content (AvgIpc) is 2.79. The van der Waals surface area contributed by atoms with Crippen LogP contribution >= 0.6 is 39.1 Å². The second-order valence-corrected chi connectivity index (χ2v) is 6.49. The molecule has 0 fully saturated rings. The van der Waals surface area contributed by atoms with Crippen molar-refractivity contribution < 1.29 is 4.79 Å². The summed E-state index contributed by atoms with van der Waals surface area (Å²) in [6.45, 7) is 0.585. The number of aldehydes is 1. The van der Waals surface area contributed by atoms with Crippen molar-refractivity contribution in [2.45, 2.75) is 6.54 Å². The van der Waals surface area contributed by atoms with E-state index in [0.29, 0.717) is 22.2 Å². The maximum atomic E-state index is 11.2. The van der Waals surface area contributed by atoms with Crippen LogP contribution in [-0.4, -0.2) is 10.9 Å². The zero-order valence-corrected chi connectivity index (χ0v) is 13.9. The van der Waals surface area contributed by atoms with Crippen molar-refractivity contribution >= 4 is 56.3 Å². The molecule has 0 aliphatic heterocycles. The highest BCUT2D eigenvalue weighted by Gasteiger charge is 2.10. The van der Waals surface area contributed by atoms with Gasteiger partial charge >= 0.3 is 0 Å². The lowest BCUT2D eigenvalue weighted by atomic mass is 10.2. The SMILES string of the molecule is O=Cc1cn(Cc2ccc(Cl)cc2Cl)c2ccc(Br)cc12. The molecular formula is C16H10BrCl2NO. The minimum absolute atomic E-state index is 0.585. The normalized spacial score (nSPS) is 11.0. The van der Waals surface area contributed by atoms with Crippen LogP contribution < -0.4 is 0 Å². The molecule has 3 rings (SSSR count). The lowest BCUT2D eigenvalue weighted by Gasteiger charge is -2.08. The van der Waals surface area contributed by atoms with Crippen LogP contribution in [0.15, 0.2) is 47.1 Å². The van der Waals surface area contributed by atoms with Crippen LogP contribution in [0.1, 0.15) is 15.9 Å². The Kier molecular flexibility index (Phi) is 4.07. The van der Waals surface area contributed by atoms with Crippen LogP contribution in [0, 0.1) is 0 Å². The first-order chi connectivity index (χ1) is 10.1. The molecule has 0 radical (unpaired) electrons. The first-order valence-electron chi connectivity index (χ1n) is 6.26. The first-order valence-corrected chi connectivity index (χ1v) is 7.81. The number of halogens is 3. The van der Waals surface area contributed by atoms with Gasteiger partial charge in [-0.05, 0) is 35.9 Å². The summed E-state index contributed by atoms with van der Waals surface area (Å²) in [4.78, 5) is 11.2. The van der Waals surface area contributed by atoms with Gasteiger partial charge < -0.3 is 4.57 Å². The summed E-state index contributed by atoms with van der Waals surface area (Å²) in [5, 5.41) is 2.15. The van der Waals surface area contributed by atoms with E-state index >= 15 is 0 Å². The van der Waals surface area contributed by atoms with E-state index in [9.17, 15) is 4.79 Å². The minimum atomic E-state index is 0.585. The van der Waals surface area contributed by atoms with Gasteiger partial charge in [-0.15, -0.1) is 0 Å². The number of nitrogens with zero attached hydrogens (tertiary/aromatic N) is 1. The maximum absolute atomic E-state index is 11.2. The van der Waals surface area contributed by atoms with E-state index < -0.39 is 0 Å². The molecule has 0 N–H and O–H groups in total. The summed E-state index contributed by atoms with van der Waals surface area (Å²) in [7, 11) is 0. The predicted molar refractivity (Wildman–Crippen MR) is 90.6 cm³/mol. The van der Waals surface area contributed by atoms with Crippen molar-refractivity contribution in [3.63, 3.8) is 0 Å². The molecule has 0 aliphatic carbocycles. The van der Waals surface area contributed by atoms with Crippen molar-refractivity contribution in [2.24, 2.45) is 0 Å². The van der Waals surface area contributed by atoms with Crippen LogP contribution in [0.25, 0.3) is 10.9 Å². The number of hydrogen-bond acceptors (Lipinski definition) is 1. The van der Waals surface area contributed by atoms with Gasteiger partial charge in [-0.2, -0.15) is 0 Å². The van der Waals surface area contributed by atoms with Gasteiger partial charge in [-0.25, -0.2) is 0 Å². The van der Waals surface area contributed by atoms with Crippen molar-refractivity contribution in [3.05, 3.63) is 68.2 Å². The number of hydrogen-bond donors (Lipinski definition) is 0. The third kappa shape index (κ3) is 2.86. The van der Waals surface area contributed by atoms with Gasteiger partial charge in [0.05, 0.1) is 0 Å². The van der Waals surface area contributed by atoms with Gasteiger partial charge in [0.1, 0.15) is 0 Å². The van der Waals surface area contributed by atoms with Gasteiger partial charge in [-0.3, -0.25) is 4.79 Å². The standard InChI is InChI=1S/C16H10BrCl2NO/c17-12-2-4-16-14(5-12)11(9-21)8-20(16)7-10-1-3-13(18)6-15(10)19/h1-6,8-9H,7H2. The average molecular weight is 383 g/mol. The van der Waals surface area contributed by atoms with Crippen LogP contribution in [0.3, 0.4) is 0 Å². The zero-order chi connectivity index (χ0) is 15.0. The van der Waals surface area contributed by atoms with E-state index in [4.69, 9.17) is 23.2 Å². The van der Waals surface area contributed by atoms with E-state index in [1.165, 1.54) is 0 Å². The molecule has 5 heteroatoms. The number of benzene rings is 2. The molecule has 1 heterocycles. The summed E-state index contributed by atoms with van der Waals surface area (Å²) < 4.78 is 2.96. The summed E-state index contributed by atoms with van der Waals surface area (Å²) in [5.74, 6) is 0. The highest BCUT2D eigenvalue weighted by Crippen LogP contribution is 2.27. The van der Waals surface area contributed by atoms with E-state index in [1.54, 1.807) is 6.07 Å². The van der Waals surface area contributed by atoms with E-state index in [-0.39, 0.29) is 0 Å². The Balaban J connectivity index is 2.10. The van der Waals surface area contributed by atoms with Crippen molar-refractivity contribution in [2.75, 3.05) is 0 Å². The Labute approximate surface area is 140 Å². The molecule has 3 aromatic rings. The Hall–Kier alpha value is -1.29. The largest absolute Gasteiger partial charge is 0.342 e. The Morgan fingerprint density at radius 2 is 1.95 bits per heavy atom. The molecule has 106 valence electrons. The monoisotopic (exact) mass is 381 g/mol. The molecule has 0 amide bonds. The van der Waals surface area contributed by atoms with E-state index in [2.05, 4.69) is 15.9 Å². The van der Waals surface area contributed by atoms with Crippen LogP contribution in [0.2, 0.25) is 10.0 Å². The second kappa shape index (κ2) is 5.84. The van der Waals surface area contributed by atoms with Gasteiger partial charge in [0.25, 0.3) is 0 Å². The van der Waals surface area contributed by atoms with E-state index in [1.807, 2.05) is 41.1 Å². The lowest BCUT2D eigenvalue weighted by Crippen LogP contribution is -1.98. The predicted octanol–water partition coefficient (Wildman–Crippen LogP) is 5.57. The Morgan fingerprint density at radius 1 is 1.14 bits per heavy atom. The highest BCUT2D eigenvalue weighted by molar-refractivity contribution is 9.10. The number of rotatable bonds is 3. The topological polar surface area (TPSA) is 22.0 Å². The fourth-order valence-electron chi connectivity index (χ4n) is 2.36. The Morgan fingerprint density at radius 3 is 2.67 bits per heavy atom. The highest BCUT2D eigenvalue weighted by atomic mass is 79.9. The second-order valence-electron chi connectivity index (χ2n) is 4.73. The molecule has 0 spiro atoms. The smallest absolute Gasteiger partial charge is 0.152 e. The third-order valence-electron chi connectivity index (χ3n) is 3.36. The van der Waals surface area contributed by atoms with Gasteiger partial charge in [0, 0.05) is 43.7 Å². The van der Waals surface area contributed by atoms with Gasteiger partial charge in [0.15, 0.2) is 6.29 Å². The molecule has 1 aromatic heterocycles. The molecule has 0 saturated carbocycles. The van der Waals surface area contributed by atoms with Gasteiger partial charge in [-0.1, -0.05) is 45.2 Å². The summed E-state index contributed by atoms with van der Waals surface area (Å²) in [6, 6.07) is 11.3. The Bertz CT molecular complexity index is 842. The van der Waals surface area contributed by atoms with Crippen molar-refractivity contribution in [1.29, 1.82) is 0 Å². The molecule has 0 unspecified atom stereocenters. The zero-order valence-electron chi connectivity index (χ0n) is 10.8. The van der Waals surface area contributed by atoms with Gasteiger partial charge in [0.2, 0.25) is 0 Å². The number of carbonyl (C=O) groups is 1. The molecule has 0 aliphatic rings. The fourth-order valence-corrected chi connectivity index (χ4v) is 3.18. The quantitative estimate of drug-likeness (QED) is 0.542. The molecule has 2 nitrogen and oxygen atoms in total. The molecule has 21 heavy (non-hydrogen) atoms. The molecule has 0 saturated heterocycles. The van der Waals surface area contributed by atoms with Crippen LogP contribution in [-0.2, 0) is 6.54 Å². The first kappa shape index (κ1) is 14.6. The van der Waals surface area contributed by atoms with Crippen molar-refractivity contribution in [3.8, 4) is 0 Å². The van der Waals surface area contributed by atoms with Crippen LogP contribution in [0.5, 0.6) is 0 Å². The molecule has 0 atom stereocenters. The number of carbonyl (C=O) groups excluding carboxylic acids is 1. The summed E-state index contributed by atoms with van der Waals surface area (Å²) >= 11 is 15.6. The van der Waals surface area contributed by atoms with Crippen molar-refractivity contribution in [1.82, 2.24) is 4.57 Å². The molecule has 0 bridgehead atoms. The number of fused-ring (bicyclic) bond motifs is 1. The summed E-state index contributed by atoms with van der Waals surface area (Å²) in [5.41, 5.74) is 2.61. The van der Waals surface area contributed by atoms with Crippen LogP contribution in [0.4, 0.5) is 0 Å².